The molecule has 14 heavy (non-hydrogen) atoms. The van der Waals surface area contributed by atoms with E-state index in [1.54, 1.807) is 0 Å². The molecule has 1 heterocycles. The molecular formula is C7H8N2O3S2. The molecule has 0 aliphatic heterocycles. The quantitative estimate of drug-likeness (QED) is 0.360. The van der Waals surface area contributed by atoms with Gasteiger partial charge in [0.15, 0.2) is 5.03 Å². The number of hydrogen-bond acceptors (Lipinski definition) is 6. The highest BCUT2D eigenvalue weighted by Gasteiger charge is 2.14. The average Bonchev–Trinajstić information content (AvgIpc) is 2.19. The number of aliphatic hydroxyl groups is 1. The maximum Gasteiger partial charge on any atom is 0.302 e. The van der Waals surface area contributed by atoms with Gasteiger partial charge in [-0.25, -0.2) is 4.98 Å². The first-order valence-electron chi connectivity index (χ1n) is 3.75. The van der Waals surface area contributed by atoms with E-state index >= 15 is 0 Å². The van der Waals surface area contributed by atoms with Crippen LogP contribution in [0.4, 0.5) is 5.69 Å². The van der Waals surface area contributed by atoms with Gasteiger partial charge in [0.2, 0.25) is 0 Å². The first kappa shape index (κ1) is 11.3. The highest BCUT2D eigenvalue weighted by molar-refractivity contribution is 8.76. The smallest absolute Gasteiger partial charge is 0.302 e. The predicted molar refractivity (Wildman–Crippen MR) is 56.3 cm³/mol. The molecule has 0 unspecified atom stereocenters. The molecule has 1 aromatic rings. The minimum absolute atomic E-state index is 0.00272. The Labute approximate surface area is 88.5 Å². The third-order valence-electron chi connectivity index (χ3n) is 1.26. The normalized spacial score (nSPS) is 10.1. The van der Waals surface area contributed by atoms with Crippen LogP contribution < -0.4 is 0 Å². The van der Waals surface area contributed by atoms with Crippen LogP contribution in [-0.4, -0.2) is 27.4 Å². The predicted octanol–water partition coefficient (Wildman–Crippen LogP) is 1.72. The molecule has 0 atom stereocenters. The zero-order valence-electron chi connectivity index (χ0n) is 7.12. The summed E-state index contributed by atoms with van der Waals surface area (Å²) in [6.45, 7) is 0.0539. The molecule has 0 spiro atoms. The monoisotopic (exact) mass is 232 g/mol. The van der Waals surface area contributed by atoms with Crippen molar-refractivity contribution in [3.05, 3.63) is 28.4 Å². The largest absolute Gasteiger partial charge is 0.395 e. The Hall–Kier alpha value is -0.790. The number of aromatic nitrogens is 1. The van der Waals surface area contributed by atoms with Gasteiger partial charge in [-0.15, -0.1) is 0 Å². The number of nitrogens with zero attached hydrogens (tertiary/aromatic N) is 2. The number of pyridine rings is 1. The van der Waals surface area contributed by atoms with Gasteiger partial charge in [-0.1, -0.05) is 10.8 Å². The topological polar surface area (TPSA) is 76.3 Å². The molecule has 0 radical (unpaired) electrons. The number of hydrogen-bond donors (Lipinski definition) is 1. The van der Waals surface area contributed by atoms with Crippen LogP contribution in [-0.2, 0) is 0 Å². The van der Waals surface area contributed by atoms with E-state index in [0.717, 1.165) is 0 Å². The fourth-order valence-corrected chi connectivity index (χ4v) is 2.52. The van der Waals surface area contributed by atoms with Crippen LogP contribution in [0.2, 0.25) is 0 Å². The third-order valence-corrected chi connectivity index (χ3v) is 3.53. The maximum atomic E-state index is 10.5. The van der Waals surface area contributed by atoms with Crippen LogP contribution >= 0.6 is 21.6 Å². The van der Waals surface area contributed by atoms with E-state index in [9.17, 15) is 10.1 Å². The standard InChI is InChI=1S/C7H8N2O3S2/c10-4-5-13-14-7-6(9(11)12)2-1-3-8-7/h1-3,10H,4-5H2. The lowest BCUT2D eigenvalue weighted by molar-refractivity contribution is -0.388. The molecule has 0 aliphatic rings. The zero-order valence-corrected chi connectivity index (χ0v) is 8.75. The summed E-state index contributed by atoms with van der Waals surface area (Å²) in [6, 6.07) is 2.94. The SMILES string of the molecule is O=[N+]([O-])c1cccnc1SSCCO. The van der Waals surface area contributed by atoms with E-state index < -0.39 is 4.92 Å². The van der Waals surface area contributed by atoms with Crippen LogP contribution in [0.15, 0.2) is 23.4 Å². The minimum atomic E-state index is -0.463. The van der Waals surface area contributed by atoms with Gasteiger partial charge in [-0.2, -0.15) is 0 Å². The molecule has 76 valence electrons. The molecular weight excluding hydrogens is 224 g/mol. The van der Waals surface area contributed by atoms with Gasteiger partial charge in [0.05, 0.1) is 11.5 Å². The van der Waals surface area contributed by atoms with Crippen molar-refractivity contribution in [3.63, 3.8) is 0 Å². The van der Waals surface area contributed by atoms with Crippen LogP contribution in [0.1, 0.15) is 0 Å². The van der Waals surface area contributed by atoms with Crippen molar-refractivity contribution in [2.75, 3.05) is 12.4 Å². The second-order valence-corrected chi connectivity index (χ2v) is 4.62. The molecule has 0 aromatic carbocycles. The molecule has 0 bridgehead atoms. The molecule has 1 aromatic heterocycles. The van der Waals surface area contributed by atoms with Crippen molar-refractivity contribution in [1.29, 1.82) is 0 Å². The Kier molecular flexibility index (Phi) is 4.71. The number of aliphatic hydroxyl groups excluding tert-OH is 1. The van der Waals surface area contributed by atoms with E-state index in [-0.39, 0.29) is 12.3 Å². The van der Waals surface area contributed by atoms with Gasteiger partial charge < -0.3 is 5.11 Å². The van der Waals surface area contributed by atoms with Crippen LogP contribution in [0, 0.1) is 10.1 Å². The molecule has 0 amide bonds. The first-order chi connectivity index (χ1) is 6.75. The first-order valence-corrected chi connectivity index (χ1v) is 6.07. The van der Waals surface area contributed by atoms with E-state index in [1.165, 1.54) is 39.9 Å². The average molecular weight is 232 g/mol. The Morgan fingerprint density at radius 2 is 2.43 bits per heavy atom. The molecule has 0 aliphatic carbocycles. The fraction of sp³-hybridized carbons (Fsp3) is 0.286. The Morgan fingerprint density at radius 1 is 1.64 bits per heavy atom. The van der Waals surface area contributed by atoms with Crippen LogP contribution in [0.3, 0.4) is 0 Å². The van der Waals surface area contributed by atoms with Gasteiger partial charge in [0, 0.05) is 18.0 Å². The lowest BCUT2D eigenvalue weighted by Crippen LogP contribution is -1.92. The summed E-state index contributed by atoms with van der Waals surface area (Å²) in [4.78, 5) is 14.0. The maximum absolute atomic E-state index is 10.5. The fourth-order valence-electron chi connectivity index (χ4n) is 0.720. The molecule has 1 N–H and O–H groups in total. The van der Waals surface area contributed by atoms with Gasteiger partial charge >= 0.3 is 5.69 Å². The third kappa shape index (κ3) is 3.17. The summed E-state index contributed by atoms with van der Waals surface area (Å²) in [5, 5.41) is 19.5. The van der Waals surface area contributed by atoms with E-state index in [2.05, 4.69) is 4.98 Å². The second kappa shape index (κ2) is 5.84. The molecule has 0 saturated heterocycles. The molecule has 1 rings (SSSR count). The van der Waals surface area contributed by atoms with E-state index in [1.807, 2.05) is 0 Å². The van der Waals surface area contributed by atoms with Crippen LogP contribution in [0.25, 0.3) is 0 Å². The van der Waals surface area contributed by atoms with Gasteiger partial charge in [0.25, 0.3) is 0 Å². The molecule has 5 nitrogen and oxygen atoms in total. The van der Waals surface area contributed by atoms with Crippen molar-refractivity contribution in [2.45, 2.75) is 5.03 Å². The van der Waals surface area contributed by atoms with Crippen LogP contribution in [0.5, 0.6) is 0 Å². The highest BCUT2D eigenvalue weighted by atomic mass is 33.1. The lowest BCUT2D eigenvalue weighted by Gasteiger charge is -1.99. The van der Waals surface area contributed by atoms with Crippen molar-refractivity contribution in [3.8, 4) is 0 Å². The number of rotatable bonds is 5. The Balaban J connectivity index is 2.69. The van der Waals surface area contributed by atoms with Crippen molar-refractivity contribution >= 4 is 27.3 Å². The molecule has 0 saturated carbocycles. The van der Waals surface area contributed by atoms with Crippen molar-refractivity contribution < 1.29 is 10.0 Å². The molecule has 0 fully saturated rings. The zero-order chi connectivity index (χ0) is 10.4. The van der Waals surface area contributed by atoms with E-state index in [0.29, 0.717) is 10.8 Å². The number of nitro groups is 1. The minimum Gasteiger partial charge on any atom is -0.395 e. The summed E-state index contributed by atoms with van der Waals surface area (Å²) in [7, 11) is 2.54. The van der Waals surface area contributed by atoms with E-state index in [4.69, 9.17) is 5.11 Å². The summed E-state index contributed by atoms with van der Waals surface area (Å²) in [6.07, 6.45) is 1.51. The van der Waals surface area contributed by atoms with Crippen molar-refractivity contribution in [1.82, 2.24) is 4.98 Å². The summed E-state index contributed by atoms with van der Waals surface area (Å²) < 4.78 is 0. The summed E-state index contributed by atoms with van der Waals surface area (Å²) in [5.74, 6) is 0.526. The summed E-state index contributed by atoms with van der Waals surface area (Å²) in [5.41, 5.74) is 0.00272. The second-order valence-electron chi connectivity index (χ2n) is 2.21. The van der Waals surface area contributed by atoms with Gasteiger partial charge in [-0.05, 0) is 16.9 Å². The van der Waals surface area contributed by atoms with Gasteiger partial charge in [-0.3, -0.25) is 10.1 Å². The Morgan fingerprint density at radius 3 is 3.07 bits per heavy atom. The van der Waals surface area contributed by atoms with Gasteiger partial charge in [0.1, 0.15) is 0 Å². The lowest BCUT2D eigenvalue weighted by atomic mass is 10.4. The Bertz CT molecular complexity index is 322. The van der Waals surface area contributed by atoms with Crippen molar-refractivity contribution in [2.24, 2.45) is 0 Å². The summed E-state index contributed by atoms with van der Waals surface area (Å²) >= 11 is 0. The highest BCUT2D eigenvalue weighted by Crippen LogP contribution is 2.34. The molecule has 7 heteroatoms.